The van der Waals surface area contributed by atoms with E-state index in [0.717, 1.165) is 0 Å². The quantitative estimate of drug-likeness (QED) is 0.539. The van der Waals surface area contributed by atoms with E-state index in [-0.39, 0.29) is 30.0 Å². The van der Waals surface area contributed by atoms with Gasteiger partial charge in [-0.25, -0.2) is 0 Å². The van der Waals surface area contributed by atoms with Crippen molar-refractivity contribution in [2.45, 2.75) is 58.2 Å². The molecule has 8 nitrogen and oxygen atoms in total. The fourth-order valence-electron chi connectivity index (χ4n) is 3.48. The van der Waals surface area contributed by atoms with Crippen molar-refractivity contribution in [2.75, 3.05) is 13.1 Å². The minimum atomic E-state index is -0.851. The smallest absolute Gasteiger partial charge is 0.253 e. The zero-order valence-corrected chi connectivity index (χ0v) is 17.8. The van der Waals surface area contributed by atoms with E-state index in [1.807, 2.05) is 20.8 Å². The van der Waals surface area contributed by atoms with Gasteiger partial charge < -0.3 is 26.1 Å². The average molecular weight is 425 g/mol. The van der Waals surface area contributed by atoms with Crippen LogP contribution in [0.1, 0.15) is 40.0 Å². The van der Waals surface area contributed by atoms with Crippen molar-refractivity contribution >= 4 is 35.6 Å². The van der Waals surface area contributed by atoms with Crippen LogP contribution in [0.15, 0.2) is 22.8 Å². The molecular formula is C20H29ClN4O4. The standard InChI is InChI=1S/C20H29ClN4O4/c1-20(2,3)16(24-17(27)13-7-6-12(22)11-14(13)21)19(29)25-9-4-5-15(25)18(28)23-8-10-26/h6-7,10,12,15-16H,4-5,8-9,11,22H2,1-3H3,(H,23,28)(H,24,27)/t12?,15-,16+/m0/s1. The van der Waals surface area contributed by atoms with Crippen LogP contribution >= 0.6 is 11.6 Å². The molecule has 1 fully saturated rings. The number of likely N-dealkylation sites (tertiary alicyclic amines) is 1. The number of nitrogens with two attached hydrogens (primary N) is 1. The molecule has 3 amide bonds. The lowest BCUT2D eigenvalue weighted by atomic mass is 9.85. The van der Waals surface area contributed by atoms with E-state index in [4.69, 9.17) is 17.3 Å². The minimum Gasteiger partial charge on any atom is -0.348 e. The first-order chi connectivity index (χ1) is 13.6. The number of rotatable bonds is 6. The molecule has 4 N–H and O–H groups in total. The predicted octanol–water partition coefficient (Wildman–Crippen LogP) is 0.604. The van der Waals surface area contributed by atoms with Crippen molar-refractivity contribution in [1.29, 1.82) is 0 Å². The fourth-order valence-corrected chi connectivity index (χ4v) is 3.81. The Hall–Kier alpha value is -2.19. The highest BCUT2D eigenvalue weighted by atomic mass is 35.5. The molecule has 3 atom stereocenters. The molecule has 0 aromatic heterocycles. The molecule has 0 bridgehead atoms. The number of halogens is 1. The topological polar surface area (TPSA) is 122 Å². The fraction of sp³-hybridized carbons (Fsp3) is 0.600. The Labute approximate surface area is 175 Å². The van der Waals surface area contributed by atoms with E-state index in [2.05, 4.69) is 10.6 Å². The highest BCUT2D eigenvalue weighted by molar-refractivity contribution is 6.32. The monoisotopic (exact) mass is 424 g/mol. The summed E-state index contributed by atoms with van der Waals surface area (Å²) in [4.78, 5) is 50.5. The molecule has 1 saturated heterocycles. The van der Waals surface area contributed by atoms with Gasteiger partial charge in [0.15, 0.2) is 0 Å². The number of hydrogen-bond donors (Lipinski definition) is 3. The van der Waals surface area contributed by atoms with Crippen LogP contribution in [0.4, 0.5) is 0 Å². The Kier molecular flexibility index (Phi) is 7.60. The molecule has 1 aliphatic carbocycles. The molecule has 1 unspecified atom stereocenters. The first kappa shape index (κ1) is 23.1. The molecule has 9 heteroatoms. The molecule has 0 saturated carbocycles. The average Bonchev–Trinajstić information content (AvgIpc) is 3.12. The molecule has 29 heavy (non-hydrogen) atoms. The van der Waals surface area contributed by atoms with Crippen molar-refractivity contribution < 1.29 is 19.2 Å². The largest absolute Gasteiger partial charge is 0.348 e. The molecule has 2 aliphatic rings. The number of carbonyl (C=O) groups is 4. The molecule has 0 spiro atoms. The number of nitrogens with zero attached hydrogens (tertiary/aromatic N) is 1. The van der Waals surface area contributed by atoms with Crippen LogP contribution in [0, 0.1) is 5.41 Å². The number of nitrogens with one attached hydrogen (secondary N) is 2. The second kappa shape index (κ2) is 9.54. The van der Waals surface area contributed by atoms with Gasteiger partial charge in [0.1, 0.15) is 18.4 Å². The van der Waals surface area contributed by atoms with Crippen LogP contribution in [0.25, 0.3) is 0 Å². The summed E-state index contributed by atoms with van der Waals surface area (Å²) in [7, 11) is 0. The second-order valence-corrected chi connectivity index (χ2v) is 8.88. The van der Waals surface area contributed by atoms with Crippen LogP contribution in [-0.2, 0) is 19.2 Å². The first-order valence-corrected chi connectivity index (χ1v) is 10.1. The number of carbonyl (C=O) groups excluding carboxylic acids is 4. The normalized spacial score (nSPS) is 23.0. The molecule has 160 valence electrons. The van der Waals surface area contributed by atoms with E-state index in [0.29, 0.717) is 37.1 Å². The SMILES string of the molecule is CC(C)(C)[C@H](NC(=O)C1=C(Cl)CC(N)C=C1)C(=O)N1CCC[C@H]1C(=O)NCC=O. The van der Waals surface area contributed by atoms with Gasteiger partial charge in [0.2, 0.25) is 11.8 Å². The Morgan fingerprint density at radius 2 is 2.07 bits per heavy atom. The lowest BCUT2D eigenvalue weighted by molar-refractivity contribution is -0.143. The Bertz CT molecular complexity index is 741. The highest BCUT2D eigenvalue weighted by Crippen LogP contribution is 2.27. The first-order valence-electron chi connectivity index (χ1n) is 9.71. The van der Waals surface area contributed by atoms with E-state index < -0.39 is 23.4 Å². The maximum absolute atomic E-state index is 13.3. The Morgan fingerprint density at radius 1 is 1.38 bits per heavy atom. The number of aldehydes is 1. The number of amides is 3. The summed E-state index contributed by atoms with van der Waals surface area (Å²) < 4.78 is 0. The number of hydrogen-bond acceptors (Lipinski definition) is 5. The van der Waals surface area contributed by atoms with Crippen LogP contribution in [0.5, 0.6) is 0 Å². The van der Waals surface area contributed by atoms with Gasteiger partial charge in [-0.05, 0) is 18.3 Å². The highest BCUT2D eigenvalue weighted by Gasteiger charge is 2.42. The Morgan fingerprint density at radius 3 is 2.66 bits per heavy atom. The van der Waals surface area contributed by atoms with Gasteiger partial charge in [-0.3, -0.25) is 14.4 Å². The zero-order chi connectivity index (χ0) is 21.8. The van der Waals surface area contributed by atoms with E-state index in [1.165, 1.54) is 4.90 Å². The minimum absolute atomic E-state index is 0.0993. The summed E-state index contributed by atoms with van der Waals surface area (Å²) in [6, 6.07) is -1.75. The maximum Gasteiger partial charge on any atom is 0.253 e. The van der Waals surface area contributed by atoms with Crippen LogP contribution < -0.4 is 16.4 Å². The van der Waals surface area contributed by atoms with Crippen LogP contribution in [0.3, 0.4) is 0 Å². The van der Waals surface area contributed by atoms with Gasteiger partial charge in [0.05, 0.1) is 12.1 Å². The van der Waals surface area contributed by atoms with Crippen LogP contribution in [-0.4, -0.2) is 60.1 Å². The summed E-state index contributed by atoms with van der Waals surface area (Å²) in [5, 5.41) is 5.66. The third-order valence-corrected chi connectivity index (χ3v) is 5.41. The Balaban J connectivity index is 2.19. The summed E-state index contributed by atoms with van der Waals surface area (Å²) in [5.74, 6) is -1.15. The predicted molar refractivity (Wildman–Crippen MR) is 110 cm³/mol. The van der Waals surface area contributed by atoms with Gasteiger partial charge in [-0.15, -0.1) is 0 Å². The van der Waals surface area contributed by atoms with Crippen LogP contribution in [0.2, 0.25) is 0 Å². The van der Waals surface area contributed by atoms with Gasteiger partial charge >= 0.3 is 0 Å². The lowest BCUT2D eigenvalue weighted by Gasteiger charge is -2.35. The molecule has 2 rings (SSSR count). The van der Waals surface area contributed by atoms with Gasteiger partial charge in [-0.1, -0.05) is 44.5 Å². The van der Waals surface area contributed by atoms with E-state index in [1.54, 1.807) is 12.2 Å². The molecule has 1 heterocycles. The van der Waals surface area contributed by atoms with Crippen molar-refractivity contribution in [3.63, 3.8) is 0 Å². The molecule has 0 aromatic rings. The molecular weight excluding hydrogens is 396 g/mol. The van der Waals surface area contributed by atoms with Crippen molar-refractivity contribution in [3.8, 4) is 0 Å². The van der Waals surface area contributed by atoms with Gasteiger partial charge in [-0.2, -0.15) is 0 Å². The third kappa shape index (κ3) is 5.67. The molecule has 1 aliphatic heterocycles. The van der Waals surface area contributed by atoms with E-state index >= 15 is 0 Å². The summed E-state index contributed by atoms with van der Waals surface area (Å²) in [6.07, 6.45) is 5.41. The van der Waals surface area contributed by atoms with Gasteiger partial charge in [0.25, 0.3) is 5.91 Å². The third-order valence-electron chi connectivity index (χ3n) is 5.05. The van der Waals surface area contributed by atoms with E-state index in [9.17, 15) is 19.2 Å². The van der Waals surface area contributed by atoms with Crippen molar-refractivity contribution in [1.82, 2.24) is 15.5 Å². The summed E-state index contributed by atoms with van der Waals surface area (Å²) in [5.41, 5.74) is 5.50. The van der Waals surface area contributed by atoms with Crippen molar-refractivity contribution in [3.05, 3.63) is 22.8 Å². The lowest BCUT2D eigenvalue weighted by Crippen LogP contribution is -2.58. The molecule has 0 aromatic carbocycles. The zero-order valence-electron chi connectivity index (χ0n) is 17.0. The summed E-state index contributed by atoms with van der Waals surface area (Å²) in [6.45, 7) is 5.85. The molecule has 0 radical (unpaired) electrons. The van der Waals surface area contributed by atoms with Crippen molar-refractivity contribution in [2.24, 2.45) is 11.1 Å². The maximum atomic E-state index is 13.3. The summed E-state index contributed by atoms with van der Waals surface area (Å²) >= 11 is 6.20. The van der Waals surface area contributed by atoms with Gasteiger partial charge in [0, 0.05) is 24.0 Å². The second-order valence-electron chi connectivity index (χ2n) is 8.42.